The van der Waals surface area contributed by atoms with Gasteiger partial charge in [0.1, 0.15) is 0 Å². The molecular weight excluding hydrogens is 172 g/mol. The first-order chi connectivity index (χ1) is 6.79. The van der Waals surface area contributed by atoms with Crippen molar-refractivity contribution >= 4 is 0 Å². The Morgan fingerprint density at radius 3 is 2.64 bits per heavy atom. The van der Waals surface area contributed by atoms with Gasteiger partial charge in [0.25, 0.3) is 0 Å². The Hall–Kier alpha value is -1.70. The van der Waals surface area contributed by atoms with E-state index in [0.717, 1.165) is 11.3 Å². The second-order valence-electron chi connectivity index (χ2n) is 3.34. The number of pyridine rings is 2. The lowest BCUT2D eigenvalue weighted by Crippen LogP contribution is -1.90. The van der Waals surface area contributed by atoms with Crippen molar-refractivity contribution in [1.29, 1.82) is 0 Å². The van der Waals surface area contributed by atoms with Crippen LogP contribution in [0.15, 0.2) is 36.8 Å². The van der Waals surface area contributed by atoms with Gasteiger partial charge in [-0.15, -0.1) is 0 Å². The highest BCUT2D eigenvalue weighted by Crippen LogP contribution is 2.21. The first-order valence-electron chi connectivity index (χ1n) is 4.61. The molecular formula is C12H12N2. The molecule has 0 fully saturated rings. The van der Waals surface area contributed by atoms with Crippen molar-refractivity contribution in [1.82, 2.24) is 9.97 Å². The third-order valence-corrected chi connectivity index (χ3v) is 2.41. The predicted molar refractivity (Wildman–Crippen MR) is 56.9 cm³/mol. The van der Waals surface area contributed by atoms with Crippen LogP contribution in [-0.2, 0) is 0 Å². The summed E-state index contributed by atoms with van der Waals surface area (Å²) in [6.45, 7) is 4.16. The number of aryl methyl sites for hydroxylation is 1. The smallest absolute Gasteiger partial charge is 0.0720 e. The van der Waals surface area contributed by atoms with E-state index in [0.29, 0.717) is 0 Å². The molecule has 0 aliphatic carbocycles. The minimum Gasteiger partial charge on any atom is -0.264 e. The number of rotatable bonds is 1. The van der Waals surface area contributed by atoms with E-state index in [4.69, 9.17) is 0 Å². The molecule has 0 unspecified atom stereocenters. The first-order valence-corrected chi connectivity index (χ1v) is 4.61. The van der Waals surface area contributed by atoms with Gasteiger partial charge in [0.2, 0.25) is 0 Å². The zero-order valence-corrected chi connectivity index (χ0v) is 8.36. The molecule has 2 nitrogen and oxygen atoms in total. The Morgan fingerprint density at radius 2 is 1.93 bits per heavy atom. The Balaban J connectivity index is 2.58. The summed E-state index contributed by atoms with van der Waals surface area (Å²) < 4.78 is 0. The van der Waals surface area contributed by atoms with Gasteiger partial charge in [-0.25, -0.2) is 0 Å². The van der Waals surface area contributed by atoms with Gasteiger partial charge in [-0.1, -0.05) is 6.07 Å². The lowest BCUT2D eigenvalue weighted by molar-refractivity contribution is 1.20. The molecule has 0 aromatic carbocycles. The molecule has 0 atom stereocenters. The van der Waals surface area contributed by atoms with Gasteiger partial charge >= 0.3 is 0 Å². The van der Waals surface area contributed by atoms with Crippen LogP contribution in [0.1, 0.15) is 11.1 Å². The highest BCUT2D eigenvalue weighted by molar-refractivity contribution is 5.63. The largest absolute Gasteiger partial charge is 0.264 e. The molecule has 2 heteroatoms. The molecule has 0 saturated carbocycles. The molecule has 0 aliphatic heterocycles. The zero-order chi connectivity index (χ0) is 9.97. The zero-order valence-electron chi connectivity index (χ0n) is 8.36. The predicted octanol–water partition coefficient (Wildman–Crippen LogP) is 2.76. The van der Waals surface area contributed by atoms with Gasteiger partial charge in [-0.05, 0) is 37.1 Å². The molecule has 2 rings (SSSR count). The summed E-state index contributed by atoms with van der Waals surface area (Å²) in [5.74, 6) is 0. The van der Waals surface area contributed by atoms with E-state index >= 15 is 0 Å². The van der Waals surface area contributed by atoms with E-state index < -0.39 is 0 Å². The SMILES string of the molecule is Cc1cncc(-c2ccccn2)c1C. The monoisotopic (exact) mass is 184 g/mol. The fourth-order valence-corrected chi connectivity index (χ4v) is 1.41. The van der Waals surface area contributed by atoms with Gasteiger partial charge in [0.05, 0.1) is 5.69 Å². The molecule has 2 aromatic rings. The summed E-state index contributed by atoms with van der Waals surface area (Å²) in [4.78, 5) is 8.49. The van der Waals surface area contributed by atoms with Gasteiger partial charge < -0.3 is 0 Å². The average molecular weight is 184 g/mol. The summed E-state index contributed by atoms with van der Waals surface area (Å²) in [6, 6.07) is 5.91. The molecule has 0 spiro atoms. The van der Waals surface area contributed by atoms with E-state index in [1.807, 2.05) is 30.6 Å². The van der Waals surface area contributed by atoms with Gasteiger partial charge in [-0.3, -0.25) is 9.97 Å². The summed E-state index contributed by atoms with van der Waals surface area (Å²) in [6.07, 6.45) is 5.55. The number of hydrogen-bond acceptors (Lipinski definition) is 2. The topological polar surface area (TPSA) is 25.8 Å². The fourth-order valence-electron chi connectivity index (χ4n) is 1.41. The molecule has 0 amide bonds. The lowest BCUT2D eigenvalue weighted by Gasteiger charge is -2.06. The fraction of sp³-hybridized carbons (Fsp3) is 0.167. The average Bonchev–Trinajstić information content (AvgIpc) is 2.23. The van der Waals surface area contributed by atoms with Crippen molar-refractivity contribution in [3.05, 3.63) is 47.9 Å². The molecule has 0 aliphatic rings. The van der Waals surface area contributed by atoms with Crippen molar-refractivity contribution in [3.8, 4) is 11.3 Å². The van der Waals surface area contributed by atoms with Crippen LogP contribution in [0, 0.1) is 13.8 Å². The molecule has 2 aromatic heterocycles. The molecule has 70 valence electrons. The van der Waals surface area contributed by atoms with Crippen LogP contribution in [0.4, 0.5) is 0 Å². The third kappa shape index (κ3) is 1.51. The Labute approximate surface area is 83.7 Å². The standard InChI is InChI=1S/C12H12N2/c1-9-7-13-8-11(10(9)2)12-5-3-4-6-14-12/h3-8H,1-2H3. The van der Waals surface area contributed by atoms with E-state index in [9.17, 15) is 0 Å². The van der Waals surface area contributed by atoms with Crippen molar-refractivity contribution in [2.45, 2.75) is 13.8 Å². The molecule has 0 bridgehead atoms. The second kappa shape index (κ2) is 3.58. The number of nitrogens with zero attached hydrogens (tertiary/aromatic N) is 2. The van der Waals surface area contributed by atoms with E-state index in [2.05, 4.69) is 23.8 Å². The highest BCUT2D eigenvalue weighted by Gasteiger charge is 2.04. The summed E-state index contributed by atoms with van der Waals surface area (Å²) >= 11 is 0. The Kier molecular flexibility index (Phi) is 2.27. The maximum absolute atomic E-state index is 4.31. The minimum atomic E-state index is 0.987. The Bertz CT molecular complexity index is 435. The number of aromatic nitrogens is 2. The quantitative estimate of drug-likeness (QED) is 0.681. The summed E-state index contributed by atoms with van der Waals surface area (Å²) in [5.41, 5.74) is 4.55. The van der Waals surface area contributed by atoms with Gasteiger partial charge in [0, 0.05) is 24.2 Å². The van der Waals surface area contributed by atoms with Crippen molar-refractivity contribution in [2.24, 2.45) is 0 Å². The van der Waals surface area contributed by atoms with Crippen LogP contribution in [-0.4, -0.2) is 9.97 Å². The summed E-state index contributed by atoms with van der Waals surface area (Å²) in [5, 5.41) is 0. The van der Waals surface area contributed by atoms with E-state index in [1.165, 1.54) is 11.1 Å². The molecule has 0 saturated heterocycles. The highest BCUT2D eigenvalue weighted by atomic mass is 14.7. The van der Waals surface area contributed by atoms with E-state index in [1.54, 1.807) is 6.20 Å². The lowest BCUT2D eigenvalue weighted by atomic mass is 10.0. The van der Waals surface area contributed by atoms with Crippen LogP contribution < -0.4 is 0 Å². The van der Waals surface area contributed by atoms with E-state index in [-0.39, 0.29) is 0 Å². The molecule has 0 N–H and O–H groups in total. The molecule has 0 radical (unpaired) electrons. The summed E-state index contributed by atoms with van der Waals surface area (Å²) in [7, 11) is 0. The number of hydrogen-bond donors (Lipinski definition) is 0. The van der Waals surface area contributed by atoms with Crippen LogP contribution >= 0.6 is 0 Å². The van der Waals surface area contributed by atoms with Gasteiger partial charge in [0.15, 0.2) is 0 Å². The third-order valence-electron chi connectivity index (χ3n) is 2.41. The van der Waals surface area contributed by atoms with Crippen LogP contribution in [0.25, 0.3) is 11.3 Å². The maximum Gasteiger partial charge on any atom is 0.0720 e. The van der Waals surface area contributed by atoms with Crippen LogP contribution in [0.2, 0.25) is 0 Å². The molecule has 14 heavy (non-hydrogen) atoms. The molecule has 2 heterocycles. The van der Waals surface area contributed by atoms with Crippen LogP contribution in [0.3, 0.4) is 0 Å². The van der Waals surface area contributed by atoms with Crippen molar-refractivity contribution in [3.63, 3.8) is 0 Å². The first kappa shape index (κ1) is 8.88. The van der Waals surface area contributed by atoms with Crippen LogP contribution in [0.5, 0.6) is 0 Å². The van der Waals surface area contributed by atoms with Crippen molar-refractivity contribution < 1.29 is 0 Å². The maximum atomic E-state index is 4.31. The van der Waals surface area contributed by atoms with Crippen molar-refractivity contribution in [2.75, 3.05) is 0 Å². The minimum absolute atomic E-state index is 0.987. The second-order valence-corrected chi connectivity index (χ2v) is 3.34. The Morgan fingerprint density at radius 1 is 1.07 bits per heavy atom. The van der Waals surface area contributed by atoms with Gasteiger partial charge in [-0.2, -0.15) is 0 Å². The normalized spacial score (nSPS) is 10.1.